The molecule has 0 aliphatic heterocycles. The van der Waals surface area contributed by atoms with E-state index < -0.39 is 0 Å². The van der Waals surface area contributed by atoms with Crippen LogP contribution in [0, 0.1) is 0 Å². The molecule has 2 rings (SSSR count). The summed E-state index contributed by atoms with van der Waals surface area (Å²) in [7, 11) is 0. The minimum atomic E-state index is -0.248. The van der Waals surface area contributed by atoms with Gasteiger partial charge in [-0.2, -0.15) is 4.99 Å². The fraction of sp³-hybridized carbons (Fsp3) is 0.0833. The van der Waals surface area contributed by atoms with Gasteiger partial charge in [0.1, 0.15) is 10.6 Å². The molecule has 2 heterocycles. The highest BCUT2D eigenvalue weighted by atomic mass is 127. The maximum absolute atomic E-state index is 11.0. The first kappa shape index (κ1) is 13.2. The predicted molar refractivity (Wildman–Crippen MR) is 77.8 cm³/mol. The molecule has 0 unspecified atom stereocenters. The average molecular weight is 374 g/mol. The lowest BCUT2D eigenvalue weighted by Crippen LogP contribution is -2.21. The quantitative estimate of drug-likeness (QED) is 0.352. The lowest BCUT2D eigenvalue weighted by atomic mass is 10.3. The highest BCUT2D eigenvalue weighted by Crippen LogP contribution is 2.06. The van der Waals surface area contributed by atoms with Crippen LogP contribution in [0.25, 0.3) is 0 Å². The molecule has 0 radical (unpaired) electrons. The molecule has 0 fully saturated rings. The van der Waals surface area contributed by atoms with Crippen LogP contribution in [0.1, 0.15) is 5.56 Å². The molecule has 0 saturated carbocycles. The van der Waals surface area contributed by atoms with Crippen LogP contribution in [0.5, 0.6) is 0 Å². The summed E-state index contributed by atoms with van der Waals surface area (Å²) < 4.78 is 1.63. The van der Waals surface area contributed by atoms with Gasteiger partial charge >= 0.3 is 3.91 Å². The lowest BCUT2D eigenvalue weighted by Gasteiger charge is -2.06. The van der Waals surface area contributed by atoms with Crippen molar-refractivity contribution in [3.8, 4) is 0 Å². The van der Waals surface area contributed by atoms with Gasteiger partial charge in [-0.3, -0.25) is 4.79 Å². The Labute approximate surface area is 122 Å². The van der Waals surface area contributed by atoms with Gasteiger partial charge < -0.3 is 4.57 Å². The molecule has 4 nitrogen and oxygen atoms in total. The summed E-state index contributed by atoms with van der Waals surface area (Å²) in [5.41, 5.74) is 1.61. The molecule has 0 bridgehead atoms. The number of hydrogen-bond donors (Lipinski definition) is 0. The molecular weight excluding hydrogens is 365 g/mol. The highest BCUT2D eigenvalue weighted by molar-refractivity contribution is 14.1. The predicted octanol–water partition coefficient (Wildman–Crippen LogP) is 3.04. The number of rotatable bonds is 2. The number of halogens is 2. The molecule has 2 aromatic rings. The average Bonchev–Trinajstić information content (AvgIpc) is 2.34. The Kier molecular flexibility index (Phi) is 4.48. The monoisotopic (exact) mass is 373 g/mol. The number of hydrogen-bond acceptors (Lipinski definition) is 2. The second-order valence-corrected chi connectivity index (χ2v) is 4.85. The van der Waals surface area contributed by atoms with Gasteiger partial charge in [0.25, 0.3) is 0 Å². The van der Waals surface area contributed by atoms with Crippen LogP contribution >= 0.6 is 34.2 Å². The summed E-state index contributed by atoms with van der Waals surface area (Å²) in [4.78, 5) is 19.0. The molecule has 0 saturated heterocycles. The molecule has 2 aromatic heterocycles. The lowest BCUT2D eigenvalue weighted by molar-refractivity contribution is 0.269. The van der Waals surface area contributed by atoms with Crippen molar-refractivity contribution >= 4 is 38.1 Å². The van der Waals surface area contributed by atoms with Gasteiger partial charge in [-0.05, 0) is 23.8 Å². The zero-order chi connectivity index (χ0) is 13.0. The van der Waals surface area contributed by atoms with Crippen molar-refractivity contribution in [1.29, 1.82) is 0 Å². The van der Waals surface area contributed by atoms with E-state index in [9.17, 15) is 4.79 Å². The zero-order valence-corrected chi connectivity index (χ0v) is 12.2. The van der Waals surface area contributed by atoms with E-state index in [0.29, 0.717) is 17.2 Å². The minimum absolute atomic E-state index is 0.248. The van der Waals surface area contributed by atoms with Gasteiger partial charge in [0.15, 0.2) is 0 Å². The fourth-order valence-corrected chi connectivity index (χ4v) is 1.85. The molecule has 0 N–H and O–H groups in total. The number of amides is 1. The summed E-state index contributed by atoms with van der Waals surface area (Å²) in [5, 5.41) is 0.462. The highest BCUT2D eigenvalue weighted by Gasteiger charge is 1.98. The summed E-state index contributed by atoms with van der Waals surface area (Å²) >= 11 is 7.38. The summed E-state index contributed by atoms with van der Waals surface area (Å²) in [6.07, 6.45) is 3.57. The van der Waals surface area contributed by atoms with Crippen LogP contribution in [0.15, 0.2) is 47.7 Å². The third kappa shape index (κ3) is 3.64. The first-order chi connectivity index (χ1) is 8.65. The van der Waals surface area contributed by atoms with Gasteiger partial charge in [0.2, 0.25) is 0 Å². The standard InChI is InChI=1S/C12H9ClIN3O/c13-10-5-4-9(7-15-10)8-17-6-2-1-3-11(17)16-12(14)18/h1-7H,8H2/b16-11+. The Hall–Kier alpha value is -1.21. The van der Waals surface area contributed by atoms with Gasteiger partial charge in [0.05, 0.1) is 6.54 Å². The van der Waals surface area contributed by atoms with E-state index >= 15 is 0 Å². The smallest absolute Gasteiger partial charge is 0.308 e. The number of aromatic nitrogens is 2. The van der Waals surface area contributed by atoms with Crippen molar-refractivity contribution in [2.75, 3.05) is 0 Å². The molecule has 0 atom stereocenters. The molecular formula is C12H9ClIN3O. The van der Waals surface area contributed by atoms with Crippen LogP contribution in [0.4, 0.5) is 4.79 Å². The third-order valence-corrected chi connectivity index (χ3v) is 2.73. The molecule has 92 valence electrons. The molecule has 18 heavy (non-hydrogen) atoms. The van der Waals surface area contributed by atoms with Crippen molar-refractivity contribution in [2.45, 2.75) is 6.54 Å². The molecule has 6 heteroatoms. The Bertz CT molecular complexity index is 622. The number of carbonyl (C=O) groups is 1. The van der Waals surface area contributed by atoms with Crippen LogP contribution in [0.2, 0.25) is 5.15 Å². The van der Waals surface area contributed by atoms with Crippen molar-refractivity contribution in [2.24, 2.45) is 4.99 Å². The molecule has 0 spiro atoms. The van der Waals surface area contributed by atoms with E-state index in [2.05, 4.69) is 9.98 Å². The summed E-state index contributed by atoms with van der Waals surface area (Å²) in [5.74, 6) is 0. The largest absolute Gasteiger partial charge is 0.328 e. The molecule has 0 aliphatic carbocycles. The Morgan fingerprint density at radius 3 is 2.89 bits per heavy atom. The second-order valence-electron chi connectivity index (χ2n) is 3.54. The van der Waals surface area contributed by atoms with Crippen molar-refractivity contribution in [3.05, 3.63) is 58.9 Å². The maximum Gasteiger partial charge on any atom is 0.308 e. The van der Waals surface area contributed by atoms with Gasteiger partial charge in [0, 0.05) is 35.0 Å². The second kappa shape index (κ2) is 6.10. The number of carbonyl (C=O) groups excluding carboxylic acids is 1. The van der Waals surface area contributed by atoms with Crippen molar-refractivity contribution in [3.63, 3.8) is 0 Å². The van der Waals surface area contributed by atoms with Gasteiger partial charge in [-0.15, -0.1) is 0 Å². The van der Waals surface area contributed by atoms with Crippen LogP contribution in [0.3, 0.4) is 0 Å². The van der Waals surface area contributed by atoms with E-state index in [-0.39, 0.29) is 3.91 Å². The van der Waals surface area contributed by atoms with E-state index in [1.165, 1.54) is 0 Å². The normalized spacial score (nSPS) is 11.6. The topological polar surface area (TPSA) is 47.2 Å². The van der Waals surface area contributed by atoms with Crippen molar-refractivity contribution < 1.29 is 4.79 Å². The van der Waals surface area contributed by atoms with E-state index in [0.717, 1.165) is 5.56 Å². The molecule has 0 aromatic carbocycles. The van der Waals surface area contributed by atoms with E-state index in [1.54, 1.807) is 40.9 Å². The first-order valence-corrected chi connectivity index (χ1v) is 6.61. The Morgan fingerprint density at radius 1 is 1.39 bits per heavy atom. The number of nitrogens with zero attached hydrogens (tertiary/aromatic N) is 3. The zero-order valence-electron chi connectivity index (χ0n) is 9.25. The minimum Gasteiger partial charge on any atom is -0.328 e. The maximum atomic E-state index is 11.0. The summed E-state index contributed by atoms with van der Waals surface area (Å²) in [6, 6.07) is 9.15. The molecule has 1 amide bonds. The number of pyridine rings is 2. The Morgan fingerprint density at radius 2 is 2.22 bits per heavy atom. The van der Waals surface area contributed by atoms with E-state index in [1.807, 2.05) is 29.0 Å². The van der Waals surface area contributed by atoms with Gasteiger partial charge in [-0.25, -0.2) is 4.98 Å². The molecule has 0 aliphatic rings. The van der Waals surface area contributed by atoms with E-state index in [4.69, 9.17) is 11.6 Å². The van der Waals surface area contributed by atoms with Crippen LogP contribution < -0.4 is 5.49 Å². The SMILES string of the molecule is O=C(I)/N=c1\ccccn1Cc1ccc(Cl)nc1. The first-order valence-electron chi connectivity index (χ1n) is 5.15. The van der Waals surface area contributed by atoms with Crippen LogP contribution in [-0.4, -0.2) is 13.5 Å². The van der Waals surface area contributed by atoms with Crippen LogP contribution in [-0.2, 0) is 6.54 Å². The third-order valence-electron chi connectivity index (χ3n) is 2.26. The fourth-order valence-electron chi connectivity index (χ4n) is 1.49. The van der Waals surface area contributed by atoms with Gasteiger partial charge in [-0.1, -0.05) is 23.7 Å². The summed E-state index contributed by atoms with van der Waals surface area (Å²) in [6.45, 7) is 0.591. The Balaban J connectivity index is 2.35. The van der Waals surface area contributed by atoms with Crippen molar-refractivity contribution in [1.82, 2.24) is 9.55 Å².